The number of rotatable bonds is 1. The van der Waals surface area contributed by atoms with Crippen LogP contribution in [0.2, 0.25) is 0 Å². The number of hydrogen-bond donors (Lipinski definition) is 0. The van der Waals surface area contributed by atoms with Crippen LogP contribution in [0, 0.1) is 20.8 Å². The van der Waals surface area contributed by atoms with Gasteiger partial charge in [-0.1, -0.05) is 0 Å². The second-order valence-electron chi connectivity index (χ2n) is 5.30. The van der Waals surface area contributed by atoms with Gasteiger partial charge < -0.3 is 4.74 Å². The maximum atomic E-state index is 5.91. The van der Waals surface area contributed by atoms with E-state index < -0.39 is 0 Å². The van der Waals surface area contributed by atoms with E-state index in [9.17, 15) is 0 Å². The van der Waals surface area contributed by atoms with Gasteiger partial charge in [0.25, 0.3) is 0 Å². The standard InChI is InChI=1S/C15H19N3O/c1-9-5-6-13(12(4)16-9)14-11(3)15-18(17-14)8-7-10(2)19-15/h5-6,10H,7-8H2,1-4H3/t10-/m1/s1. The molecule has 0 fully saturated rings. The van der Waals surface area contributed by atoms with Gasteiger partial charge in [0, 0.05) is 35.5 Å². The van der Waals surface area contributed by atoms with E-state index in [4.69, 9.17) is 9.84 Å². The molecule has 0 radical (unpaired) electrons. The van der Waals surface area contributed by atoms with Crippen molar-refractivity contribution in [3.8, 4) is 17.1 Å². The van der Waals surface area contributed by atoms with E-state index in [1.165, 1.54) is 0 Å². The molecule has 0 saturated carbocycles. The number of aromatic nitrogens is 3. The van der Waals surface area contributed by atoms with Gasteiger partial charge in [0.05, 0.1) is 6.10 Å². The van der Waals surface area contributed by atoms with Crippen LogP contribution in [-0.2, 0) is 6.54 Å². The van der Waals surface area contributed by atoms with Crippen LogP contribution in [0.25, 0.3) is 11.3 Å². The Bertz CT molecular complexity index is 631. The molecule has 2 aromatic heterocycles. The summed E-state index contributed by atoms with van der Waals surface area (Å²) in [5.41, 5.74) is 5.26. The van der Waals surface area contributed by atoms with E-state index >= 15 is 0 Å². The first-order chi connectivity index (χ1) is 9.06. The molecule has 3 rings (SSSR count). The van der Waals surface area contributed by atoms with Crippen molar-refractivity contribution in [2.75, 3.05) is 0 Å². The highest BCUT2D eigenvalue weighted by atomic mass is 16.5. The molecule has 0 aliphatic carbocycles. The van der Waals surface area contributed by atoms with Crippen molar-refractivity contribution in [1.82, 2.24) is 14.8 Å². The lowest BCUT2D eigenvalue weighted by Crippen LogP contribution is -2.23. The first-order valence-corrected chi connectivity index (χ1v) is 6.75. The first kappa shape index (κ1) is 12.2. The molecule has 1 aliphatic rings. The van der Waals surface area contributed by atoms with Crippen molar-refractivity contribution >= 4 is 0 Å². The largest absolute Gasteiger partial charge is 0.475 e. The Balaban J connectivity index is 2.11. The third-order valence-electron chi connectivity index (χ3n) is 3.67. The smallest absolute Gasteiger partial charge is 0.215 e. The molecule has 4 heteroatoms. The molecule has 19 heavy (non-hydrogen) atoms. The summed E-state index contributed by atoms with van der Waals surface area (Å²) in [6.07, 6.45) is 1.28. The fourth-order valence-corrected chi connectivity index (χ4v) is 2.58. The lowest BCUT2D eigenvalue weighted by molar-refractivity contribution is 0.148. The van der Waals surface area contributed by atoms with E-state index in [1.54, 1.807) is 0 Å². The van der Waals surface area contributed by atoms with Crippen molar-refractivity contribution in [3.05, 3.63) is 29.1 Å². The van der Waals surface area contributed by atoms with Gasteiger partial charge in [-0.15, -0.1) is 0 Å². The van der Waals surface area contributed by atoms with Gasteiger partial charge in [0.2, 0.25) is 5.88 Å². The van der Waals surface area contributed by atoms with Gasteiger partial charge in [-0.2, -0.15) is 5.10 Å². The highest BCUT2D eigenvalue weighted by Gasteiger charge is 2.23. The van der Waals surface area contributed by atoms with E-state index in [1.807, 2.05) is 24.6 Å². The highest BCUT2D eigenvalue weighted by molar-refractivity contribution is 5.67. The van der Waals surface area contributed by atoms with Crippen LogP contribution in [-0.4, -0.2) is 20.9 Å². The molecule has 3 heterocycles. The zero-order valence-electron chi connectivity index (χ0n) is 11.9. The van der Waals surface area contributed by atoms with Crippen LogP contribution < -0.4 is 4.74 Å². The minimum absolute atomic E-state index is 0.271. The van der Waals surface area contributed by atoms with E-state index in [0.717, 1.165) is 47.1 Å². The fraction of sp³-hybridized carbons (Fsp3) is 0.467. The first-order valence-electron chi connectivity index (χ1n) is 6.75. The van der Waals surface area contributed by atoms with Crippen molar-refractivity contribution in [2.24, 2.45) is 0 Å². The summed E-state index contributed by atoms with van der Waals surface area (Å²) in [7, 11) is 0. The minimum Gasteiger partial charge on any atom is -0.475 e. The Morgan fingerprint density at radius 3 is 2.79 bits per heavy atom. The van der Waals surface area contributed by atoms with Gasteiger partial charge in [0.15, 0.2) is 0 Å². The van der Waals surface area contributed by atoms with E-state index in [0.29, 0.717) is 0 Å². The Kier molecular flexibility index (Phi) is 2.81. The number of nitrogens with zero attached hydrogens (tertiary/aromatic N) is 3. The molecule has 0 unspecified atom stereocenters. The number of fused-ring (bicyclic) bond motifs is 1. The number of pyridine rings is 1. The van der Waals surface area contributed by atoms with Crippen LogP contribution >= 0.6 is 0 Å². The van der Waals surface area contributed by atoms with E-state index in [2.05, 4.69) is 24.9 Å². The molecular formula is C15H19N3O. The molecule has 100 valence electrons. The molecule has 4 nitrogen and oxygen atoms in total. The lowest BCUT2D eigenvalue weighted by atomic mass is 10.1. The molecule has 0 spiro atoms. The number of ether oxygens (including phenoxy) is 1. The van der Waals surface area contributed by atoms with Crippen LogP contribution in [0.3, 0.4) is 0 Å². The summed E-state index contributed by atoms with van der Waals surface area (Å²) in [4.78, 5) is 4.52. The second-order valence-corrected chi connectivity index (χ2v) is 5.30. The molecular weight excluding hydrogens is 238 g/mol. The van der Waals surface area contributed by atoms with Crippen LogP contribution in [0.5, 0.6) is 5.88 Å². The van der Waals surface area contributed by atoms with Gasteiger partial charge in [-0.3, -0.25) is 4.98 Å². The van der Waals surface area contributed by atoms with Gasteiger partial charge in [-0.05, 0) is 39.8 Å². The molecule has 1 aliphatic heterocycles. The van der Waals surface area contributed by atoms with Crippen LogP contribution in [0.1, 0.15) is 30.3 Å². The summed E-state index contributed by atoms with van der Waals surface area (Å²) in [6.45, 7) is 9.14. The predicted molar refractivity (Wildman–Crippen MR) is 74.4 cm³/mol. The second kappa shape index (κ2) is 4.37. The third-order valence-corrected chi connectivity index (χ3v) is 3.67. The average Bonchev–Trinajstić information content (AvgIpc) is 2.67. The molecule has 0 aromatic carbocycles. The van der Waals surface area contributed by atoms with Gasteiger partial charge in [0.1, 0.15) is 5.69 Å². The normalized spacial score (nSPS) is 18.0. The summed E-state index contributed by atoms with van der Waals surface area (Å²) in [5, 5.41) is 4.70. The molecule has 1 atom stereocenters. The molecule has 0 N–H and O–H groups in total. The van der Waals surface area contributed by atoms with Gasteiger partial charge in [-0.25, -0.2) is 4.68 Å². The average molecular weight is 257 g/mol. The summed E-state index contributed by atoms with van der Waals surface area (Å²) < 4.78 is 7.88. The Morgan fingerprint density at radius 1 is 1.26 bits per heavy atom. The maximum absolute atomic E-state index is 5.91. The van der Waals surface area contributed by atoms with Crippen LogP contribution in [0.4, 0.5) is 0 Å². The monoisotopic (exact) mass is 257 g/mol. The third kappa shape index (κ3) is 2.01. The maximum Gasteiger partial charge on any atom is 0.215 e. The van der Waals surface area contributed by atoms with Crippen molar-refractivity contribution in [2.45, 2.75) is 46.8 Å². The molecule has 0 saturated heterocycles. The van der Waals surface area contributed by atoms with Crippen molar-refractivity contribution in [1.29, 1.82) is 0 Å². The lowest BCUT2D eigenvalue weighted by Gasteiger charge is -2.21. The van der Waals surface area contributed by atoms with E-state index in [-0.39, 0.29) is 6.10 Å². The Labute approximate surface area is 113 Å². The number of hydrogen-bond acceptors (Lipinski definition) is 3. The molecule has 2 aromatic rings. The Morgan fingerprint density at radius 2 is 2.05 bits per heavy atom. The SMILES string of the molecule is Cc1ccc(-c2nn3c(c2C)O[C@H](C)CC3)c(C)n1. The predicted octanol–water partition coefficient (Wildman–Crippen LogP) is 3.04. The highest BCUT2D eigenvalue weighted by Crippen LogP contribution is 2.34. The summed E-state index contributed by atoms with van der Waals surface area (Å²) >= 11 is 0. The molecule has 0 bridgehead atoms. The zero-order valence-corrected chi connectivity index (χ0v) is 11.9. The Hall–Kier alpha value is -1.84. The van der Waals surface area contributed by atoms with Crippen LogP contribution in [0.15, 0.2) is 12.1 Å². The van der Waals surface area contributed by atoms with Gasteiger partial charge >= 0.3 is 0 Å². The topological polar surface area (TPSA) is 39.9 Å². The van der Waals surface area contributed by atoms with Crippen molar-refractivity contribution < 1.29 is 4.74 Å². The quantitative estimate of drug-likeness (QED) is 0.788. The fourth-order valence-electron chi connectivity index (χ4n) is 2.58. The zero-order chi connectivity index (χ0) is 13.6. The molecule has 0 amide bonds. The number of aryl methyl sites for hydroxylation is 3. The minimum atomic E-state index is 0.271. The van der Waals surface area contributed by atoms with Crippen molar-refractivity contribution in [3.63, 3.8) is 0 Å². The summed E-state index contributed by atoms with van der Waals surface area (Å²) in [5.74, 6) is 0.911. The summed E-state index contributed by atoms with van der Waals surface area (Å²) in [6, 6.07) is 4.13.